The van der Waals surface area contributed by atoms with Crippen molar-refractivity contribution in [1.82, 2.24) is 31.9 Å². The third-order valence-electron chi connectivity index (χ3n) is 15.0. The number of aliphatic hydroxyl groups is 3. The molecule has 3 rings (SSSR count). The average molecular weight is 1310 g/mol. The highest BCUT2D eigenvalue weighted by atomic mass is 31.2. The summed E-state index contributed by atoms with van der Waals surface area (Å²) in [5.41, 5.74) is 2.26. The second-order valence-corrected chi connectivity index (χ2v) is 24.4. The quantitative estimate of drug-likeness (QED) is 0.0152. The van der Waals surface area contributed by atoms with Gasteiger partial charge >= 0.3 is 7.82 Å². The molecular weight excluding hydrogens is 1210 g/mol. The van der Waals surface area contributed by atoms with E-state index in [9.17, 15) is 63.1 Å². The molecule has 1 unspecified atom stereocenters. The van der Waals surface area contributed by atoms with E-state index in [1.54, 1.807) is 72.8 Å². The molecule has 24 nitrogen and oxygen atoms in total. The van der Waals surface area contributed by atoms with Crippen LogP contribution in [0.15, 0.2) is 72.8 Å². The Balaban J connectivity index is 1.54. The lowest BCUT2D eigenvalue weighted by Gasteiger charge is -2.34. The number of benzene rings is 3. The molecule has 3 aromatic carbocycles. The lowest BCUT2D eigenvalue weighted by atomic mass is 10.0. The van der Waals surface area contributed by atoms with E-state index in [1.807, 2.05) is 0 Å². The molecular formula is C67H103N6O18P. The summed E-state index contributed by atoms with van der Waals surface area (Å²) >= 11 is 0. The largest absolute Gasteiger partial charge is 0.471 e. The van der Waals surface area contributed by atoms with Crippen LogP contribution in [0.4, 0.5) is 0 Å². The summed E-state index contributed by atoms with van der Waals surface area (Å²) in [7, 11) is -2.84. The molecule has 3 aromatic rings. The van der Waals surface area contributed by atoms with Gasteiger partial charge in [-0.2, -0.15) is 0 Å². The number of carbonyl (C=O) groups excluding carboxylic acids is 8. The molecule has 0 radical (unpaired) electrons. The van der Waals surface area contributed by atoms with Gasteiger partial charge < -0.3 is 66.3 Å². The number of unbranched alkanes of at least 4 members (excludes halogenated alkanes) is 12. The Kier molecular flexibility index (Phi) is 42.8. The van der Waals surface area contributed by atoms with E-state index in [-0.39, 0.29) is 152 Å². The molecule has 0 aromatic heterocycles. The van der Waals surface area contributed by atoms with Gasteiger partial charge in [-0.3, -0.25) is 47.4 Å². The maximum absolute atomic E-state index is 13.9. The first-order chi connectivity index (χ1) is 44.5. The Hall–Kier alpha value is -6.31. The van der Waals surface area contributed by atoms with Gasteiger partial charge in [0, 0.05) is 101 Å². The minimum atomic E-state index is -3.95. The van der Waals surface area contributed by atoms with Crippen LogP contribution in [0.25, 0.3) is 0 Å². The summed E-state index contributed by atoms with van der Waals surface area (Å²) in [4.78, 5) is 112. The topological polar surface area (TPSA) is 353 Å². The summed E-state index contributed by atoms with van der Waals surface area (Å²) < 4.78 is 38.9. The van der Waals surface area contributed by atoms with E-state index < -0.39 is 13.4 Å². The summed E-state index contributed by atoms with van der Waals surface area (Å²) in [5, 5.41) is 45.2. The predicted molar refractivity (Wildman–Crippen MR) is 347 cm³/mol. The molecule has 1 atom stereocenters. The molecule has 0 aliphatic heterocycles. The maximum atomic E-state index is 13.9. The van der Waals surface area contributed by atoms with Crippen molar-refractivity contribution in [2.24, 2.45) is 0 Å². The van der Waals surface area contributed by atoms with Gasteiger partial charge in [0.25, 0.3) is 11.8 Å². The van der Waals surface area contributed by atoms with Crippen molar-refractivity contribution >= 4 is 54.8 Å². The first kappa shape index (κ1) is 79.9. The van der Waals surface area contributed by atoms with Crippen LogP contribution in [0.1, 0.15) is 202 Å². The average Bonchev–Trinajstić information content (AvgIpc) is 3.00. The normalized spacial score (nSPS) is 12.0. The third kappa shape index (κ3) is 38.0. The molecule has 0 saturated heterocycles. The van der Waals surface area contributed by atoms with E-state index in [0.717, 1.165) is 76.9 Å². The number of aliphatic hydroxyl groups excluding tert-OH is 3. The molecule has 0 bridgehead atoms. The van der Waals surface area contributed by atoms with E-state index in [1.165, 1.54) is 0 Å². The highest BCUT2D eigenvalue weighted by Crippen LogP contribution is 2.42. The van der Waals surface area contributed by atoms with Gasteiger partial charge in [-0.05, 0) is 92.3 Å². The van der Waals surface area contributed by atoms with Crippen molar-refractivity contribution < 1.29 is 86.4 Å². The molecule has 0 aliphatic carbocycles. The maximum Gasteiger partial charge on any atom is 0.471 e. The molecule has 0 saturated carbocycles. The minimum absolute atomic E-state index is 0.00499. The summed E-state index contributed by atoms with van der Waals surface area (Å²) in [6, 6.07) is 20.0. The van der Waals surface area contributed by atoms with Gasteiger partial charge in [0.1, 0.15) is 11.3 Å². The Morgan fingerprint density at radius 2 is 0.750 bits per heavy atom. The number of ether oxygens (including phenoxy) is 3. The number of hydrogen-bond acceptors (Lipinski definition) is 17. The summed E-state index contributed by atoms with van der Waals surface area (Å²) in [6.45, 7) is 1.06. The first-order valence-corrected chi connectivity index (χ1v) is 34.1. The van der Waals surface area contributed by atoms with Crippen LogP contribution in [0.3, 0.4) is 0 Å². The lowest BCUT2D eigenvalue weighted by molar-refractivity contribution is -0.130. The fourth-order valence-electron chi connectivity index (χ4n) is 9.46. The molecule has 0 heterocycles. The number of rotatable bonds is 56. The van der Waals surface area contributed by atoms with E-state index in [2.05, 4.69) is 36.4 Å². The summed E-state index contributed by atoms with van der Waals surface area (Å²) in [5.74, 6) is -1.46. The standard InChI is InChI=1S/C67H103N6O18P/c1-87-92(85,86)91-43-16-9-8-15-38-68-61(79)21-13-6-4-2-3-5-7-14-22-64(82)73-67(50-88-44-35-59(77)19-11-10-12-20-60(78)56-29-23-53(47-74)24-30-56,51-89-45-36-62(80)69-39-17-41-71-65(83)57-31-25-54(48-75)26-32-57)52-90-46-37-63(81)70-40-18-42-72-66(84)58-33-27-55(49-76)28-34-58/h23-34,74-76H,2-22,35-52H2,1H3,(H,68,79)(H,69,80)(H,70,81)(H,71,83)(H,72,84)(H,73,82)(H,85,86). The van der Waals surface area contributed by atoms with Crippen LogP contribution >= 0.6 is 7.82 Å². The molecule has 92 heavy (non-hydrogen) atoms. The Bertz CT molecular complexity index is 2430. The third-order valence-corrected chi connectivity index (χ3v) is 16.0. The molecule has 10 N–H and O–H groups in total. The number of amides is 6. The number of Topliss-reactive ketones (excluding diaryl/α,β-unsaturated/α-hetero) is 2. The number of hydrogen-bond donors (Lipinski definition) is 10. The van der Waals surface area contributed by atoms with Gasteiger partial charge in [0.15, 0.2) is 5.78 Å². The highest BCUT2D eigenvalue weighted by molar-refractivity contribution is 7.47. The zero-order valence-corrected chi connectivity index (χ0v) is 54.9. The van der Waals surface area contributed by atoms with Crippen molar-refractivity contribution in [2.75, 3.05) is 86.1 Å². The second kappa shape index (κ2) is 49.3. The zero-order valence-electron chi connectivity index (χ0n) is 54.0. The molecule has 0 fully saturated rings. The van der Waals surface area contributed by atoms with Crippen LogP contribution in [0.5, 0.6) is 0 Å². The van der Waals surface area contributed by atoms with E-state index in [0.29, 0.717) is 112 Å². The van der Waals surface area contributed by atoms with Crippen LogP contribution in [-0.4, -0.2) is 159 Å². The summed E-state index contributed by atoms with van der Waals surface area (Å²) in [6.07, 6.45) is 14.2. The minimum Gasteiger partial charge on any atom is -0.392 e. The van der Waals surface area contributed by atoms with Crippen LogP contribution in [-0.2, 0) is 71.6 Å². The SMILES string of the molecule is COP(=O)(O)OCCCCCCNC(=O)CCCCCCCCCCC(=O)NC(COCCC(=O)CCCCCC(=O)c1ccc(CO)cc1)(COCCC(=O)NCCCNC(=O)c1ccc(CO)cc1)COCCC(=O)NCCCNC(=O)c1ccc(CO)cc1. The Morgan fingerprint density at radius 3 is 1.22 bits per heavy atom. The zero-order chi connectivity index (χ0) is 66.9. The van der Waals surface area contributed by atoms with Gasteiger partial charge in [-0.1, -0.05) is 106 Å². The predicted octanol–water partition coefficient (Wildman–Crippen LogP) is 7.15. The van der Waals surface area contributed by atoms with E-state index >= 15 is 0 Å². The van der Waals surface area contributed by atoms with Gasteiger partial charge in [-0.25, -0.2) is 4.57 Å². The van der Waals surface area contributed by atoms with Crippen molar-refractivity contribution in [1.29, 1.82) is 0 Å². The van der Waals surface area contributed by atoms with Crippen molar-refractivity contribution in [2.45, 2.75) is 179 Å². The van der Waals surface area contributed by atoms with Gasteiger partial charge in [0.2, 0.25) is 23.6 Å². The van der Waals surface area contributed by atoms with Crippen molar-refractivity contribution in [3.63, 3.8) is 0 Å². The smallest absolute Gasteiger partial charge is 0.392 e. The number of carbonyl (C=O) groups is 8. The Morgan fingerprint density at radius 1 is 0.391 bits per heavy atom. The van der Waals surface area contributed by atoms with Gasteiger partial charge in [0.05, 0.1) is 66.1 Å². The van der Waals surface area contributed by atoms with Crippen molar-refractivity contribution in [3.8, 4) is 0 Å². The molecule has 0 spiro atoms. The number of nitrogens with one attached hydrogen (secondary N) is 6. The second-order valence-electron chi connectivity index (χ2n) is 22.8. The first-order valence-electron chi connectivity index (χ1n) is 32.6. The fraction of sp³-hybridized carbons (Fsp3) is 0.612. The van der Waals surface area contributed by atoms with Crippen LogP contribution in [0, 0.1) is 0 Å². The van der Waals surface area contributed by atoms with Gasteiger partial charge in [-0.15, -0.1) is 0 Å². The number of phosphoric acid groups is 1. The number of phosphoric ester groups is 1. The Labute approximate surface area is 542 Å². The molecule has 6 amide bonds. The molecule has 0 aliphatic rings. The monoisotopic (exact) mass is 1310 g/mol. The van der Waals surface area contributed by atoms with Crippen LogP contribution < -0.4 is 31.9 Å². The molecule has 25 heteroatoms. The number of ketones is 2. The van der Waals surface area contributed by atoms with E-state index in [4.69, 9.17) is 18.7 Å². The van der Waals surface area contributed by atoms with Crippen LogP contribution in [0.2, 0.25) is 0 Å². The lowest BCUT2D eigenvalue weighted by Crippen LogP contribution is -2.58. The fourth-order valence-corrected chi connectivity index (χ4v) is 9.93. The van der Waals surface area contributed by atoms with Crippen molar-refractivity contribution in [3.05, 3.63) is 106 Å². The molecule has 514 valence electrons. The highest BCUT2D eigenvalue weighted by Gasteiger charge is 2.34.